The van der Waals surface area contributed by atoms with Crippen LogP contribution in [0.4, 0.5) is 17.1 Å². The highest BCUT2D eigenvalue weighted by Crippen LogP contribution is 2.26. The number of thiocarbonyl (C=S) groups is 1. The van der Waals surface area contributed by atoms with Crippen LogP contribution in [0.5, 0.6) is 0 Å². The summed E-state index contributed by atoms with van der Waals surface area (Å²) in [7, 11) is 0. The molecule has 2 aliphatic rings. The predicted octanol–water partition coefficient (Wildman–Crippen LogP) is 6.01. The quantitative estimate of drug-likeness (QED) is 0.251. The van der Waals surface area contributed by atoms with Crippen LogP contribution in [-0.2, 0) is 5.41 Å². The largest absolute Gasteiger partial charge is 0.382 e. The first-order valence-electron chi connectivity index (χ1n) is 14.0. The van der Waals surface area contributed by atoms with Crippen molar-refractivity contribution in [3.05, 3.63) is 63.7 Å². The van der Waals surface area contributed by atoms with Gasteiger partial charge >= 0.3 is 0 Å². The van der Waals surface area contributed by atoms with Gasteiger partial charge in [0.1, 0.15) is 0 Å². The van der Waals surface area contributed by atoms with Gasteiger partial charge in [0.25, 0.3) is 5.69 Å². The summed E-state index contributed by atoms with van der Waals surface area (Å²) in [4.78, 5) is 19.3. The Morgan fingerprint density at radius 3 is 2.26 bits per heavy atom. The van der Waals surface area contributed by atoms with Crippen molar-refractivity contribution in [3.8, 4) is 0 Å². The number of nitro groups is 1. The maximum atomic E-state index is 11.1. The lowest BCUT2D eigenvalue weighted by atomic mass is 9.87. The zero-order chi connectivity index (χ0) is 27.3. The molecule has 2 aromatic rings. The molecule has 2 saturated heterocycles. The molecule has 206 valence electrons. The van der Waals surface area contributed by atoms with Crippen LogP contribution in [0.1, 0.15) is 57.6 Å². The molecule has 38 heavy (non-hydrogen) atoms. The molecule has 0 atom stereocenters. The number of hydrogen-bond acceptors (Lipinski definition) is 6. The molecule has 0 amide bonds. The lowest BCUT2D eigenvalue weighted by Gasteiger charge is -2.37. The van der Waals surface area contributed by atoms with Crippen molar-refractivity contribution in [3.63, 3.8) is 0 Å². The summed E-state index contributed by atoms with van der Waals surface area (Å²) in [6.07, 6.45) is 4.13. The van der Waals surface area contributed by atoms with Crippen LogP contribution in [0.25, 0.3) is 0 Å². The van der Waals surface area contributed by atoms with E-state index in [0.717, 1.165) is 82.2 Å². The predicted molar refractivity (Wildman–Crippen MR) is 162 cm³/mol. The van der Waals surface area contributed by atoms with Gasteiger partial charge in [0, 0.05) is 68.3 Å². The first kappa shape index (κ1) is 28.3. The Morgan fingerprint density at radius 2 is 1.68 bits per heavy atom. The number of aryl methyl sites for hydroxylation is 1. The third-order valence-electron chi connectivity index (χ3n) is 7.95. The van der Waals surface area contributed by atoms with E-state index in [9.17, 15) is 10.1 Å². The highest BCUT2D eigenvalue weighted by atomic mass is 32.1. The van der Waals surface area contributed by atoms with Gasteiger partial charge in [-0.3, -0.25) is 15.0 Å². The minimum Gasteiger partial charge on any atom is -0.382 e. The third kappa shape index (κ3) is 7.44. The summed E-state index contributed by atoms with van der Waals surface area (Å²) in [5.74, 6) is 0. The van der Waals surface area contributed by atoms with E-state index in [1.165, 1.54) is 11.3 Å². The van der Waals surface area contributed by atoms with E-state index in [4.69, 9.17) is 12.2 Å². The number of piperazine rings is 1. The second kappa shape index (κ2) is 12.4. The SMILES string of the molecule is Cc1cc(NC2CCN(C(=S)CCCN3CCN(c4ccc(C(C)(C)C)cc4)CC3)CC2)ccc1[N+](=O)[O-]. The molecule has 2 heterocycles. The van der Waals surface area contributed by atoms with Crippen LogP contribution in [0.15, 0.2) is 42.5 Å². The molecule has 7 nitrogen and oxygen atoms in total. The zero-order valence-corrected chi connectivity index (χ0v) is 24.2. The molecule has 0 bridgehead atoms. The number of anilines is 2. The van der Waals surface area contributed by atoms with E-state index in [2.05, 4.69) is 65.1 Å². The normalized spacial score (nSPS) is 17.5. The Balaban J connectivity index is 1.13. The van der Waals surface area contributed by atoms with Crippen LogP contribution in [-0.4, -0.2) is 71.6 Å². The fourth-order valence-corrected chi connectivity index (χ4v) is 5.80. The van der Waals surface area contributed by atoms with Crippen molar-refractivity contribution in [2.75, 3.05) is 56.0 Å². The number of nitrogens with one attached hydrogen (secondary N) is 1. The second-order valence-electron chi connectivity index (χ2n) is 11.8. The van der Waals surface area contributed by atoms with E-state index < -0.39 is 0 Å². The van der Waals surface area contributed by atoms with Gasteiger partial charge in [-0.25, -0.2) is 0 Å². The van der Waals surface area contributed by atoms with Gasteiger partial charge in [-0.1, -0.05) is 45.1 Å². The summed E-state index contributed by atoms with van der Waals surface area (Å²) < 4.78 is 0. The molecular weight excluding hydrogens is 494 g/mol. The highest BCUT2D eigenvalue weighted by molar-refractivity contribution is 7.80. The number of piperidine rings is 1. The highest BCUT2D eigenvalue weighted by Gasteiger charge is 2.22. The molecule has 0 aliphatic carbocycles. The Bertz CT molecular complexity index is 1100. The summed E-state index contributed by atoms with van der Waals surface area (Å²) in [5, 5.41) is 14.6. The van der Waals surface area contributed by atoms with E-state index >= 15 is 0 Å². The molecule has 0 aromatic heterocycles. The molecule has 8 heteroatoms. The monoisotopic (exact) mass is 537 g/mol. The Hall–Kier alpha value is -2.71. The molecule has 0 saturated carbocycles. The summed E-state index contributed by atoms with van der Waals surface area (Å²) in [5.41, 5.74) is 4.73. The van der Waals surface area contributed by atoms with E-state index in [0.29, 0.717) is 11.6 Å². The molecule has 0 spiro atoms. The average molecular weight is 538 g/mol. The van der Waals surface area contributed by atoms with E-state index in [1.54, 1.807) is 13.0 Å². The fourth-order valence-electron chi connectivity index (χ4n) is 5.47. The number of likely N-dealkylation sites (tertiary alicyclic amines) is 1. The first-order chi connectivity index (χ1) is 18.1. The van der Waals surface area contributed by atoms with Gasteiger partial charge in [0.15, 0.2) is 0 Å². The van der Waals surface area contributed by atoms with Crippen molar-refractivity contribution in [2.24, 2.45) is 0 Å². The Morgan fingerprint density at radius 1 is 1.03 bits per heavy atom. The van der Waals surface area contributed by atoms with Crippen molar-refractivity contribution < 1.29 is 4.92 Å². The topological polar surface area (TPSA) is 64.9 Å². The minimum atomic E-state index is -0.328. The molecule has 1 N–H and O–H groups in total. The van der Waals surface area contributed by atoms with Crippen LogP contribution in [0.3, 0.4) is 0 Å². The summed E-state index contributed by atoms with van der Waals surface area (Å²) in [6.45, 7) is 16.0. The fraction of sp³-hybridized carbons (Fsp3) is 0.567. The molecule has 2 aliphatic heterocycles. The van der Waals surface area contributed by atoms with Crippen LogP contribution in [0.2, 0.25) is 0 Å². The van der Waals surface area contributed by atoms with Gasteiger partial charge in [-0.05, 0) is 74.4 Å². The van der Waals surface area contributed by atoms with Crippen LogP contribution >= 0.6 is 12.2 Å². The average Bonchev–Trinajstić information content (AvgIpc) is 2.89. The number of nitrogens with zero attached hydrogens (tertiary/aromatic N) is 4. The van der Waals surface area contributed by atoms with E-state index in [-0.39, 0.29) is 16.0 Å². The maximum Gasteiger partial charge on any atom is 0.272 e. The van der Waals surface area contributed by atoms with Gasteiger partial charge in [-0.15, -0.1) is 0 Å². The molecule has 4 rings (SSSR count). The van der Waals surface area contributed by atoms with Gasteiger partial charge < -0.3 is 15.1 Å². The molecular formula is C30H43N5O2S. The van der Waals surface area contributed by atoms with Crippen molar-refractivity contribution >= 4 is 34.3 Å². The first-order valence-corrected chi connectivity index (χ1v) is 14.4. The van der Waals surface area contributed by atoms with Crippen LogP contribution in [0, 0.1) is 17.0 Å². The Kier molecular flexibility index (Phi) is 9.26. The van der Waals surface area contributed by atoms with Crippen molar-refractivity contribution in [1.29, 1.82) is 0 Å². The maximum absolute atomic E-state index is 11.1. The standard InChI is InChI=1S/C30H43N5O2S/c1-23-22-26(9-12-28(23)35(36)37)31-25-13-16-34(17-14-25)29(38)6-5-15-32-18-20-33(21-19-32)27-10-7-24(8-11-27)30(2,3)4/h7-12,22,25,31H,5-6,13-21H2,1-4H3. The van der Waals surface area contributed by atoms with Gasteiger partial charge in [-0.2, -0.15) is 0 Å². The Labute approximate surface area is 233 Å². The van der Waals surface area contributed by atoms with Crippen molar-refractivity contribution in [2.45, 2.75) is 64.8 Å². The van der Waals surface area contributed by atoms with Crippen molar-refractivity contribution in [1.82, 2.24) is 9.80 Å². The number of hydrogen-bond donors (Lipinski definition) is 1. The third-order valence-corrected chi connectivity index (χ3v) is 8.41. The summed E-state index contributed by atoms with van der Waals surface area (Å²) in [6, 6.07) is 14.8. The molecule has 2 fully saturated rings. The molecule has 2 aromatic carbocycles. The number of rotatable bonds is 8. The lowest BCUT2D eigenvalue weighted by Crippen LogP contribution is -2.47. The van der Waals surface area contributed by atoms with Gasteiger partial charge in [0.05, 0.1) is 9.91 Å². The smallest absolute Gasteiger partial charge is 0.272 e. The van der Waals surface area contributed by atoms with Crippen LogP contribution < -0.4 is 10.2 Å². The second-order valence-corrected chi connectivity index (χ2v) is 12.3. The lowest BCUT2D eigenvalue weighted by molar-refractivity contribution is -0.385. The summed E-state index contributed by atoms with van der Waals surface area (Å²) >= 11 is 5.80. The zero-order valence-electron chi connectivity index (χ0n) is 23.4. The molecule has 0 unspecified atom stereocenters. The number of nitro benzene ring substituents is 1. The minimum absolute atomic E-state index is 0.170. The molecule has 0 radical (unpaired) electrons. The van der Waals surface area contributed by atoms with E-state index in [1.807, 2.05) is 12.1 Å². The number of benzene rings is 2. The van der Waals surface area contributed by atoms with Gasteiger partial charge in [0.2, 0.25) is 0 Å².